The first-order valence-electron chi connectivity index (χ1n) is 11.2. The van der Waals surface area contributed by atoms with Gasteiger partial charge in [-0.25, -0.2) is 0 Å². The number of carbonyl (C=O) groups excluding carboxylic acids is 1. The summed E-state index contributed by atoms with van der Waals surface area (Å²) in [6.45, 7) is 6.72. The highest BCUT2D eigenvalue weighted by Gasteiger charge is 2.45. The number of aryl methyl sites for hydroxylation is 1. The van der Waals surface area contributed by atoms with Crippen LogP contribution in [0.4, 0.5) is 0 Å². The highest BCUT2D eigenvalue weighted by molar-refractivity contribution is 5.83. The average molecular weight is 401 g/mol. The second-order valence-electron chi connectivity index (χ2n) is 8.53. The van der Waals surface area contributed by atoms with Gasteiger partial charge in [-0.1, -0.05) is 67.9 Å². The molecule has 1 amide bonds. The largest absolute Gasteiger partial charge is 0.345 e. The summed E-state index contributed by atoms with van der Waals surface area (Å²) in [7, 11) is 0. The summed E-state index contributed by atoms with van der Waals surface area (Å²) in [4.78, 5) is 15.5. The van der Waals surface area contributed by atoms with E-state index in [4.69, 9.17) is 0 Å². The van der Waals surface area contributed by atoms with Crippen LogP contribution in [0.1, 0.15) is 54.5 Å². The molecule has 0 bridgehead atoms. The third-order valence-corrected chi connectivity index (χ3v) is 6.31. The maximum absolute atomic E-state index is 13.4. The van der Waals surface area contributed by atoms with E-state index in [1.807, 2.05) is 6.07 Å². The van der Waals surface area contributed by atoms with Crippen molar-refractivity contribution in [2.75, 3.05) is 6.54 Å². The number of amides is 1. The van der Waals surface area contributed by atoms with E-state index < -0.39 is 0 Å². The number of carbonyl (C=O) groups is 1. The van der Waals surface area contributed by atoms with Gasteiger partial charge in [0.05, 0.1) is 6.54 Å². The molecular weight excluding hydrogens is 368 g/mol. The van der Waals surface area contributed by atoms with Crippen molar-refractivity contribution in [1.82, 2.24) is 9.47 Å². The average Bonchev–Trinajstić information content (AvgIpc) is 3.46. The molecule has 3 aromatic rings. The van der Waals surface area contributed by atoms with Gasteiger partial charge >= 0.3 is 0 Å². The standard InChI is InChI=1S/C27H32N2O/c1-3-4-16-29(27(30)26-18-25(26)22-12-6-5-7-13-22)20-24-15-10-17-28(24)19-23-14-9-8-11-21(23)2/h5-15,17,25-26H,3-4,16,18-20H2,1-2H3/t25-,26-/m0/s1. The molecule has 1 heterocycles. The van der Waals surface area contributed by atoms with Gasteiger partial charge in [-0.2, -0.15) is 0 Å². The molecule has 3 nitrogen and oxygen atoms in total. The van der Waals surface area contributed by atoms with Gasteiger partial charge in [0.2, 0.25) is 5.91 Å². The van der Waals surface area contributed by atoms with Gasteiger partial charge in [-0.15, -0.1) is 0 Å². The molecule has 0 radical (unpaired) electrons. The van der Waals surface area contributed by atoms with Crippen molar-refractivity contribution < 1.29 is 4.79 Å². The van der Waals surface area contributed by atoms with Crippen molar-refractivity contribution >= 4 is 5.91 Å². The Labute approximate surface area is 180 Å². The Morgan fingerprint density at radius 1 is 1.03 bits per heavy atom. The number of hydrogen-bond acceptors (Lipinski definition) is 1. The highest BCUT2D eigenvalue weighted by atomic mass is 16.2. The molecule has 2 aromatic carbocycles. The van der Waals surface area contributed by atoms with Gasteiger partial charge in [0.1, 0.15) is 0 Å². The minimum Gasteiger partial charge on any atom is -0.345 e. The van der Waals surface area contributed by atoms with Crippen LogP contribution in [0, 0.1) is 12.8 Å². The lowest BCUT2D eigenvalue weighted by Crippen LogP contribution is -2.34. The van der Waals surface area contributed by atoms with E-state index in [0.717, 1.165) is 32.4 Å². The molecule has 2 atom stereocenters. The molecular formula is C27H32N2O. The number of benzene rings is 2. The Bertz CT molecular complexity index is 975. The monoisotopic (exact) mass is 400 g/mol. The van der Waals surface area contributed by atoms with Crippen LogP contribution in [0.15, 0.2) is 72.9 Å². The minimum absolute atomic E-state index is 0.143. The van der Waals surface area contributed by atoms with E-state index in [2.05, 4.69) is 90.2 Å². The SMILES string of the molecule is CCCCN(Cc1cccn1Cc1ccccc1C)C(=O)[C@H]1C[C@H]1c1ccccc1. The topological polar surface area (TPSA) is 25.2 Å². The Morgan fingerprint density at radius 3 is 2.57 bits per heavy atom. The second kappa shape index (κ2) is 9.34. The summed E-state index contributed by atoms with van der Waals surface area (Å²) in [6.07, 6.45) is 5.26. The Kier molecular flexibility index (Phi) is 6.37. The normalized spacial score (nSPS) is 17.7. The molecule has 4 rings (SSSR count). The predicted molar refractivity (Wildman–Crippen MR) is 122 cm³/mol. The van der Waals surface area contributed by atoms with Gasteiger partial charge in [-0.05, 0) is 54.5 Å². The summed E-state index contributed by atoms with van der Waals surface area (Å²) in [5.41, 5.74) is 5.14. The van der Waals surface area contributed by atoms with E-state index >= 15 is 0 Å². The van der Waals surface area contributed by atoms with Crippen molar-refractivity contribution in [3.8, 4) is 0 Å². The molecule has 0 saturated heterocycles. The van der Waals surface area contributed by atoms with E-state index in [-0.39, 0.29) is 5.92 Å². The highest BCUT2D eigenvalue weighted by Crippen LogP contribution is 2.48. The summed E-state index contributed by atoms with van der Waals surface area (Å²) < 4.78 is 2.29. The molecule has 1 aromatic heterocycles. The number of unbranched alkanes of at least 4 members (excludes halogenated alkanes) is 1. The quantitative estimate of drug-likeness (QED) is 0.447. The first-order chi connectivity index (χ1) is 14.7. The molecule has 0 N–H and O–H groups in total. The molecule has 1 fully saturated rings. The third kappa shape index (κ3) is 4.67. The van der Waals surface area contributed by atoms with Gasteiger partial charge in [0.15, 0.2) is 0 Å². The summed E-state index contributed by atoms with van der Waals surface area (Å²) in [5.74, 6) is 0.853. The molecule has 1 aliphatic rings. The lowest BCUT2D eigenvalue weighted by molar-refractivity contribution is -0.133. The Balaban J connectivity index is 1.47. The zero-order valence-corrected chi connectivity index (χ0v) is 18.1. The van der Waals surface area contributed by atoms with E-state index in [0.29, 0.717) is 18.4 Å². The van der Waals surface area contributed by atoms with E-state index in [1.54, 1.807) is 0 Å². The lowest BCUT2D eigenvalue weighted by Gasteiger charge is -2.24. The molecule has 30 heavy (non-hydrogen) atoms. The van der Waals surface area contributed by atoms with Crippen LogP contribution in [0.2, 0.25) is 0 Å². The zero-order valence-electron chi connectivity index (χ0n) is 18.1. The maximum Gasteiger partial charge on any atom is 0.226 e. The van der Waals surface area contributed by atoms with Crippen LogP contribution in [0.3, 0.4) is 0 Å². The first-order valence-corrected chi connectivity index (χ1v) is 11.2. The second-order valence-corrected chi connectivity index (χ2v) is 8.53. The number of aromatic nitrogens is 1. The van der Waals surface area contributed by atoms with Crippen molar-refractivity contribution in [2.24, 2.45) is 5.92 Å². The summed E-state index contributed by atoms with van der Waals surface area (Å²) >= 11 is 0. The zero-order chi connectivity index (χ0) is 20.9. The molecule has 1 saturated carbocycles. The molecule has 156 valence electrons. The van der Waals surface area contributed by atoms with E-state index in [1.165, 1.54) is 22.4 Å². The fourth-order valence-electron chi connectivity index (χ4n) is 4.30. The van der Waals surface area contributed by atoms with Crippen LogP contribution in [-0.4, -0.2) is 21.9 Å². The van der Waals surface area contributed by atoms with Crippen molar-refractivity contribution in [1.29, 1.82) is 0 Å². The molecule has 3 heteroatoms. The molecule has 0 spiro atoms. The van der Waals surface area contributed by atoms with Crippen LogP contribution in [0.25, 0.3) is 0 Å². The van der Waals surface area contributed by atoms with Crippen LogP contribution in [-0.2, 0) is 17.9 Å². The lowest BCUT2D eigenvalue weighted by atomic mass is 10.1. The Morgan fingerprint density at radius 2 is 1.80 bits per heavy atom. The van der Waals surface area contributed by atoms with Gasteiger partial charge in [0, 0.05) is 30.9 Å². The first kappa shape index (κ1) is 20.5. The fraction of sp³-hybridized carbons (Fsp3) is 0.370. The number of hydrogen-bond donors (Lipinski definition) is 0. The van der Waals surface area contributed by atoms with Crippen molar-refractivity contribution in [3.05, 3.63) is 95.3 Å². The van der Waals surface area contributed by atoms with Gasteiger partial charge in [-0.3, -0.25) is 4.79 Å². The predicted octanol–water partition coefficient (Wildman–Crippen LogP) is 5.78. The minimum atomic E-state index is 0.143. The van der Waals surface area contributed by atoms with Crippen LogP contribution in [0.5, 0.6) is 0 Å². The summed E-state index contributed by atoms with van der Waals surface area (Å²) in [5, 5.41) is 0. The van der Waals surface area contributed by atoms with Crippen molar-refractivity contribution in [3.63, 3.8) is 0 Å². The van der Waals surface area contributed by atoms with Gasteiger partial charge < -0.3 is 9.47 Å². The molecule has 0 aliphatic heterocycles. The van der Waals surface area contributed by atoms with E-state index in [9.17, 15) is 4.79 Å². The van der Waals surface area contributed by atoms with Crippen LogP contribution < -0.4 is 0 Å². The summed E-state index contributed by atoms with van der Waals surface area (Å²) in [6, 6.07) is 23.3. The van der Waals surface area contributed by atoms with Crippen LogP contribution >= 0.6 is 0 Å². The fourth-order valence-corrected chi connectivity index (χ4v) is 4.30. The third-order valence-electron chi connectivity index (χ3n) is 6.31. The Hall–Kier alpha value is -2.81. The number of rotatable bonds is 9. The van der Waals surface area contributed by atoms with Gasteiger partial charge in [0.25, 0.3) is 0 Å². The molecule has 1 aliphatic carbocycles. The maximum atomic E-state index is 13.4. The number of nitrogens with zero attached hydrogens (tertiary/aromatic N) is 2. The smallest absolute Gasteiger partial charge is 0.226 e. The molecule has 0 unspecified atom stereocenters. The van der Waals surface area contributed by atoms with Crippen molar-refractivity contribution in [2.45, 2.75) is 52.1 Å².